The Hall–Kier alpha value is -2.38. The molecule has 1 heterocycles. The first-order valence-corrected chi connectivity index (χ1v) is 10.1. The van der Waals surface area contributed by atoms with E-state index in [9.17, 15) is 4.79 Å². The summed E-state index contributed by atoms with van der Waals surface area (Å²) >= 11 is 8.92. The number of thiocarbonyl (C=S) groups is 1. The van der Waals surface area contributed by atoms with Gasteiger partial charge in [-0.3, -0.25) is 9.69 Å². The predicted octanol–water partition coefficient (Wildman–Crippen LogP) is 4.82. The van der Waals surface area contributed by atoms with Crippen molar-refractivity contribution in [2.45, 2.75) is 20.3 Å². The zero-order valence-electron chi connectivity index (χ0n) is 15.9. The second kappa shape index (κ2) is 8.75. The second-order valence-corrected chi connectivity index (χ2v) is 7.54. The van der Waals surface area contributed by atoms with E-state index >= 15 is 0 Å². The van der Waals surface area contributed by atoms with Gasteiger partial charge in [-0.25, -0.2) is 0 Å². The molecule has 0 bridgehead atoms. The van der Waals surface area contributed by atoms with E-state index in [4.69, 9.17) is 21.7 Å². The van der Waals surface area contributed by atoms with Crippen LogP contribution < -0.4 is 19.7 Å². The predicted molar refractivity (Wildman–Crippen MR) is 119 cm³/mol. The number of rotatable bonds is 6. The zero-order valence-corrected chi connectivity index (χ0v) is 18.3. The van der Waals surface area contributed by atoms with Crippen molar-refractivity contribution in [3.8, 4) is 11.5 Å². The van der Waals surface area contributed by atoms with Crippen LogP contribution in [-0.4, -0.2) is 24.7 Å². The van der Waals surface area contributed by atoms with Crippen LogP contribution >= 0.6 is 28.1 Å². The number of anilines is 1. The van der Waals surface area contributed by atoms with Crippen LogP contribution in [0.4, 0.5) is 5.69 Å². The third kappa shape index (κ3) is 4.05. The molecule has 2 aromatic carbocycles. The second-order valence-electron chi connectivity index (χ2n) is 6.30. The molecule has 0 saturated carbocycles. The first-order chi connectivity index (χ1) is 13.5. The van der Waals surface area contributed by atoms with Gasteiger partial charge in [-0.1, -0.05) is 25.1 Å². The highest BCUT2D eigenvalue weighted by Crippen LogP contribution is 2.37. The number of nitrogens with zero attached hydrogens (tertiary/aromatic N) is 1. The number of aryl methyl sites for hydroxylation is 1. The first kappa shape index (κ1) is 20.4. The number of halogens is 1. The minimum Gasteiger partial charge on any atom is -0.493 e. The molecule has 0 aromatic heterocycles. The van der Waals surface area contributed by atoms with Crippen LogP contribution in [0.1, 0.15) is 24.5 Å². The quantitative estimate of drug-likeness (QED) is 0.494. The number of hydrogen-bond donors (Lipinski definition) is 1. The molecule has 7 heteroatoms. The van der Waals surface area contributed by atoms with Crippen LogP contribution in [0.2, 0.25) is 0 Å². The van der Waals surface area contributed by atoms with Crippen molar-refractivity contribution in [1.82, 2.24) is 5.32 Å². The summed E-state index contributed by atoms with van der Waals surface area (Å²) in [4.78, 5) is 14.5. The van der Waals surface area contributed by atoms with E-state index in [0.717, 1.165) is 27.7 Å². The molecular formula is C21H21BrN2O3S. The number of nitrogens with one attached hydrogen (secondary N) is 1. The van der Waals surface area contributed by atoms with Crippen LogP contribution in [-0.2, 0) is 4.79 Å². The van der Waals surface area contributed by atoms with E-state index in [2.05, 4.69) is 21.2 Å². The Balaban J connectivity index is 1.94. The van der Waals surface area contributed by atoms with Crippen LogP contribution in [0, 0.1) is 6.92 Å². The van der Waals surface area contributed by atoms with Crippen LogP contribution in [0.3, 0.4) is 0 Å². The Morgan fingerprint density at radius 2 is 2.04 bits per heavy atom. The van der Waals surface area contributed by atoms with Crippen LogP contribution in [0.15, 0.2) is 46.6 Å². The lowest BCUT2D eigenvalue weighted by Crippen LogP contribution is -2.30. The smallest absolute Gasteiger partial charge is 0.281 e. The van der Waals surface area contributed by atoms with E-state index in [1.54, 1.807) is 13.2 Å². The first-order valence-electron chi connectivity index (χ1n) is 8.89. The van der Waals surface area contributed by atoms with Gasteiger partial charge in [0, 0.05) is 0 Å². The normalized spacial score (nSPS) is 15.1. The molecule has 5 nitrogen and oxygen atoms in total. The summed E-state index contributed by atoms with van der Waals surface area (Å²) in [5.74, 6) is 1.05. The molecule has 0 aliphatic carbocycles. The Morgan fingerprint density at radius 1 is 1.29 bits per heavy atom. The summed E-state index contributed by atoms with van der Waals surface area (Å²) in [6.45, 7) is 4.58. The Kier molecular flexibility index (Phi) is 6.36. The van der Waals surface area contributed by atoms with Crippen molar-refractivity contribution >= 4 is 50.9 Å². The average molecular weight is 461 g/mol. The van der Waals surface area contributed by atoms with Crippen molar-refractivity contribution < 1.29 is 14.3 Å². The molecule has 1 aliphatic heterocycles. The Labute approximate surface area is 178 Å². The number of benzene rings is 2. The van der Waals surface area contributed by atoms with Crippen molar-refractivity contribution in [2.24, 2.45) is 0 Å². The lowest BCUT2D eigenvalue weighted by atomic mass is 10.1. The topological polar surface area (TPSA) is 50.8 Å². The molecule has 0 spiro atoms. The summed E-state index contributed by atoms with van der Waals surface area (Å²) in [7, 11) is 1.59. The molecule has 1 amide bonds. The summed E-state index contributed by atoms with van der Waals surface area (Å²) in [5, 5.41) is 3.38. The average Bonchev–Trinajstić information content (AvgIpc) is 2.94. The summed E-state index contributed by atoms with van der Waals surface area (Å²) in [5.41, 5.74) is 2.95. The third-order valence-electron chi connectivity index (χ3n) is 4.25. The highest BCUT2D eigenvalue weighted by molar-refractivity contribution is 9.10. The number of methoxy groups -OCH3 is 1. The third-order valence-corrected chi connectivity index (χ3v) is 5.12. The minimum absolute atomic E-state index is 0.194. The van der Waals surface area contributed by atoms with Crippen molar-refractivity contribution in [1.29, 1.82) is 0 Å². The monoisotopic (exact) mass is 460 g/mol. The standard InChI is InChI=1S/C21H21BrN2O3S/c1-4-9-27-19-15(22)10-14(12-18(19)26-3)11-16-20(25)24(21(28)23-16)17-8-6-5-7-13(17)2/h5-8,10-12H,4,9H2,1-3H3,(H,23,28)/b16-11-. The fourth-order valence-corrected chi connectivity index (χ4v) is 3.77. The van der Waals surface area contributed by atoms with E-state index in [-0.39, 0.29) is 5.91 Å². The van der Waals surface area contributed by atoms with Gasteiger partial charge < -0.3 is 14.8 Å². The molecule has 3 rings (SSSR count). The largest absolute Gasteiger partial charge is 0.493 e. The van der Waals surface area contributed by atoms with Gasteiger partial charge in [0.25, 0.3) is 5.91 Å². The van der Waals surface area contributed by atoms with Crippen molar-refractivity contribution in [3.05, 3.63) is 57.7 Å². The summed E-state index contributed by atoms with van der Waals surface area (Å²) in [6.07, 6.45) is 2.65. The van der Waals surface area contributed by atoms with E-state index in [1.807, 2.05) is 50.2 Å². The van der Waals surface area contributed by atoms with E-state index in [0.29, 0.717) is 28.9 Å². The van der Waals surface area contributed by atoms with Gasteiger partial charge in [0.1, 0.15) is 5.70 Å². The van der Waals surface area contributed by atoms with E-state index in [1.165, 1.54) is 4.90 Å². The van der Waals surface area contributed by atoms with Crippen LogP contribution in [0.5, 0.6) is 11.5 Å². The minimum atomic E-state index is -0.194. The zero-order chi connectivity index (χ0) is 20.3. The lowest BCUT2D eigenvalue weighted by Gasteiger charge is -2.16. The lowest BCUT2D eigenvalue weighted by molar-refractivity contribution is -0.113. The molecule has 28 heavy (non-hydrogen) atoms. The number of ether oxygens (including phenoxy) is 2. The summed E-state index contributed by atoms with van der Waals surface area (Å²) < 4.78 is 12.0. The van der Waals surface area contributed by atoms with Gasteiger partial charge in [0.2, 0.25) is 0 Å². The Morgan fingerprint density at radius 3 is 2.71 bits per heavy atom. The fourth-order valence-electron chi connectivity index (χ4n) is 2.90. The highest BCUT2D eigenvalue weighted by Gasteiger charge is 2.32. The maximum absolute atomic E-state index is 13.0. The molecule has 1 fully saturated rings. The van der Waals surface area contributed by atoms with E-state index < -0.39 is 0 Å². The molecule has 0 atom stereocenters. The number of hydrogen-bond acceptors (Lipinski definition) is 4. The van der Waals surface area contributed by atoms with Crippen molar-refractivity contribution in [3.63, 3.8) is 0 Å². The molecule has 1 aliphatic rings. The molecule has 2 aromatic rings. The summed E-state index contributed by atoms with van der Waals surface area (Å²) in [6, 6.07) is 11.4. The molecule has 0 unspecified atom stereocenters. The van der Waals surface area contributed by atoms with Gasteiger partial charge in [0.05, 0.1) is 23.9 Å². The number of carbonyl (C=O) groups excluding carboxylic acids is 1. The van der Waals surface area contributed by atoms with Gasteiger partial charge in [-0.2, -0.15) is 0 Å². The highest BCUT2D eigenvalue weighted by atomic mass is 79.9. The molecule has 1 N–H and O–H groups in total. The fraction of sp³-hybridized carbons (Fsp3) is 0.238. The Bertz CT molecular complexity index is 959. The molecule has 0 radical (unpaired) electrons. The number of amides is 1. The van der Waals surface area contributed by atoms with Crippen molar-refractivity contribution in [2.75, 3.05) is 18.6 Å². The van der Waals surface area contributed by atoms with Gasteiger partial charge in [0.15, 0.2) is 16.6 Å². The van der Waals surface area contributed by atoms with Gasteiger partial charge in [-0.15, -0.1) is 0 Å². The van der Waals surface area contributed by atoms with Gasteiger partial charge >= 0.3 is 0 Å². The molecule has 1 saturated heterocycles. The molecular weight excluding hydrogens is 440 g/mol. The van der Waals surface area contributed by atoms with Gasteiger partial charge in [-0.05, 0) is 76.9 Å². The SMILES string of the molecule is CCCOc1c(Br)cc(/C=C2\NC(=S)N(c3ccccc3C)C2=O)cc1OC. The number of carbonyl (C=O) groups is 1. The number of para-hydroxylation sites is 1. The molecule has 146 valence electrons. The maximum Gasteiger partial charge on any atom is 0.281 e. The maximum atomic E-state index is 13.0. The van der Waals surface area contributed by atoms with Crippen LogP contribution in [0.25, 0.3) is 6.08 Å².